The molecule has 35 heavy (non-hydrogen) atoms. The number of rotatable bonds is 6. The van der Waals surface area contributed by atoms with Crippen LogP contribution in [0.3, 0.4) is 0 Å². The lowest BCUT2D eigenvalue weighted by Crippen LogP contribution is -2.49. The third kappa shape index (κ3) is 4.33. The van der Waals surface area contributed by atoms with Crippen LogP contribution in [-0.2, 0) is 9.59 Å². The number of hydrogen-bond acceptors (Lipinski definition) is 5. The number of carbonyl (C=O) groups is 3. The van der Waals surface area contributed by atoms with Gasteiger partial charge in [-0.25, -0.2) is 0 Å². The zero-order valence-corrected chi connectivity index (χ0v) is 19.9. The monoisotopic (exact) mass is 477 g/mol. The number of nitriles is 1. The number of fused-ring (bicyclic) bond motifs is 1. The molecule has 0 bridgehead atoms. The molecule has 1 aromatic heterocycles. The Bertz CT molecular complexity index is 1190. The van der Waals surface area contributed by atoms with Crippen LogP contribution in [0.5, 0.6) is 5.75 Å². The zero-order valence-electron chi connectivity index (χ0n) is 19.9. The van der Waals surface area contributed by atoms with E-state index in [2.05, 4.69) is 21.7 Å². The maximum absolute atomic E-state index is 13.7. The zero-order chi connectivity index (χ0) is 24.6. The van der Waals surface area contributed by atoms with Crippen molar-refractivity contribution in [2.75, 3.05) is 20.2 Å². The normalized spacial score (nSPS) is 23.9. The summed E-state index contributed by atoms with van der Waals surface area (Å²) < 4.78 is 5.43. The van der Waals surface area contributed by atoms with Gasteiger partial charge in [0.15, 0.2) is 0 Å². The van der Waals surface area contributed by atoms with Gasteiger partial charge in [0, 0.05) is 29.9 Å². The van der Waals surface area contributed by atoms with Crippen LogP contribution in [0.1, 0.15) is 55.4 Å². The predicted molar refractivity (Wildman–Crippen MR) is 128 cm³/mol. The Labute approximate surface area is 204 Å². The molecule has 3 aliphatic rings. The van der Waals surface area contributed by atoms with Crippen molar-refractivity contribution < 1.29 is 19.1 Å². The number of benzene rings is 1. The van der Waals surface area contributed by atoms with E-state index < -0.39 is 12.1 Å². The SMILES string of the molecule is COc1cccc2[nH]c(C(=O)N3CC4(CCCC4)CC3C(=O)N[C@H](C#N)C[C@@H]3CCNC3=O)cc12. The van der Waals surface area contributed by atoms with Crippen LogP contribution in [-0.4, -0.2) is 59.9 Å². The minimum atomic E-state index is -0.772. The maximum atomic E-state index is 13.7. The molecule has 1 aromatic carbocycles. The quantitative estimate of drug-likeness (QED) is 0.589. The highest BCUT2D eigenvalue weighted by molar-refractivity contribution is 6.02. The lowest BCUT2D eigenvalue weighted by molar-refractivity contribution is -0.126. The second-order valence-corrected chi connectivity index (χ2v) is 10.2. The smallest absolute Gasteiger partial charge is 0.271 e. The third-order valence-electron chi connectivity index (χ3n) is 7.97. The fraction of sp³-hybridized carbons (Fsp3) is 0.538. The average molecular weight is 478 g/mol. The molecular formula is C26H31N5O4. The molecule has 184 valence electrons. The van der Waals surface area contributed by atoms with Crippen molar-refractivity contribution in [3.05, 3.63) is 30.0 Å². The molecule has 1 spiro atoms. The number of nitrogens with zero attached hydrogens (tertiary/aromatic N) is 2. The average Bonchev–Trinajstić information content (AvgIpc) is 3.65. The van der Waals surface area contributed by atoms with Crippen LogP contribution < -0.4 is 15.4 Å². The van der Waals surface area contributed by atoms with Crippen molar-refractivity contribution in [3.63, 3.8) is 0 Å². The van der Waals surface area contributed by atoms with Gasteiger partial charge in [-0.2, -0.15) is 5.26 Å². The summed E-state index contributed by atoms with van der Waals surface area (Å²) in [5.74, 6) is -0.217. The van der Waals surface area contributed by atoms with Crippen LogP contribution in [0.15, 0.2) is 24.3 Å². The topological polar surface area (TPSA) is 127 Å². The van der Waals surface area contributed by atoms with Crippen LogP contribution >= 0.6 is 0 Å². The Hall–Kier alpha value is -3.54. The molecule has 3 heterocycles. The number of H-pyrrole nitrogens is 1. The molecule has 2 saturated heterocycles. The van der Waals surface area contributed by atoms with Crippen molar-refractivity contribution in [3.8, 4) is 11.8 Å². The highest BCUT2D eigenvalue weighted by atomic mass is 16.5. The Kier molecular flexibility index (Phi) is 6.13. The second kappa shape index (κ2) is 9.25. The van der Waals surface area contributed by atoms with Gasteiger partial charge in [-0.1, -0.05) is 18.9 Å². The number of aromatic amines is 1. The lowest BCUT2D eigenvalue weighted by atomic mass is 9.84. The minimum Gasteiger partial charge on any atom is -0.496 e. The van der Waals surface area contributed by atoms with E-state index in [9.17, 15) is 19.6 Å². The molecule has 1 saturated carbocycles. The van der Waals surface area contributed by atoms with Gasteiger partial charge in [-0.3, -0.25) is 14.4 Å². The van der Waals surface area contributed by atoms with E-state index in [4.69, 9.17) is 4.74 Å². The Morgan fingerprint density at radius 2 is 2.14 bits per heavy atom. The van der Waals surface area contributed by atoms with E-state index in [1.165, 1.54) is 0 Å². The van der Waals surface area contributed by atoms with Crippen molar-refractivity contribution in [1.82, 2.24) is 20.5 Å². The molecule has 1 aliphatic carbocycles. The van der Waals surface area contributed by atoms with Crippen molar-refractivity contribution >= 4 is 28.6 Å². The first-order valence-electron chi connectivity index (χ1n) is 12.4. The molecule has 3 amide bonds. The first-order valence-corrected chi connectivity index (χ1v) is 12.4. The van der Waals surface area contributed by atoms with Crippen LogP contribution in [0.25, 0.3) is 10.9 Å². The van der Waals surface area contributed by atoms with Gasteiger partial charge >= 0.3 is 0 Å². The molecule has 3 N–H and O–H groups in total. The standard InChI is InChI=1S/C26H31N5O4/c1-35-22-6-4-5-19-18(22)12-20(30-19)25(34)31-15-26(8-2-3-9-26)13-21(31)24(33)29-17(14-27)11-16-7-10-28-23(16)32/h4-6,12,16-17,21,30H,2-3,7-11,13,15H2,1H3,(H,28,32)(H,29,33)/t16-,17-,21?/m0/s1. The number of carbonyl (C=O) groups excluding carboxylic acids is 3. The number of likely N-dealkylation sites (tertiary alicyclic amines) is 1. The van der Waals surface area contributed by atoms with Gasteiger partial charge in [-0.15, -0.1) is 0 Å². The summed E-state index contributed by atoms with van der Waals surface area (Å²) in [4.78, 5) is 44.0. The van der Waals surface area contributed by atoms with Crippen LogP contribution in [0, 0.1) is 22.7 Å². The summed E-state index contributed by atoms with van der Waals surface area (Å²) in [5.41, 5.74) is 1.15. The summed E-state index contributed by atoms with van der Waals surface area (Å²) >= 11 is 0. The van der Waals surface area contributed by atoms with Gasteiger partial charge in [0.05, 0.1) is 13.2 Å². The summed E-state index contributed by atoms with van der Waals surface area (Å²) in [6.45, 7) is 1.12. The Morgan fingerprint density at radius 3 is 2.83 bits per heavy atom. The number of ether oxygens (including phenoxy) is 1. The van der Waals surface area contributed by atoms with E-state index >= 15 is 0 Å². The van der Waals surface area contributed by atoms with E-state index in [1.54, 1.807) is 18.1 Å². The van der Waals surface area contributed by atoms with Gasteiger partial charge in [0.25, 0.3) is 5.91 Å². The van der Waals surface area contributed by atoms with Crippen LogP contribution in [0.2, 0.25) is 0 Å². The van der Waals surface area contributed by atoms with Crippen molar-refractivity contribution in [1.29, 1.82) is 5.26 Å². The predicted octanol–water partition coefficient (Wildman–Crippen LogP) is 2.49. The summed E-state index contributed by atoms with van der Waals surface area (Å²) in [6.07, 6.45) is 5.71. The van der Waals surface area contributed by atoms with Gasteiger partial charge in [-0.05, 0) is 55.7 Å². The molecule has 2 aliphatic heterocycles. The third-order valence-corrected chi connectivity index (χ3v) is 7.97. The Balaban J connectivity index is 1.38. The van der Waals surface area contributed by atoms with Crippen molar-refractivity contribution in [2.45, 2.75) is 57.0 Å². The Morgan fingerprint density at radius 1 is 1.34 bits per heavy atom. The lowest BCUT2D eigenvalue weighted by Gasteiger charge is -2.25. The maximum Gasteiger partial charge on any atom is 0.271 e. The highest BCUT2D eigenvalue weighted by Gasteiger charge is 2.50. The fourth-order valence-electron chi connectivity index (χ4n) is 6.13. The molecular weight excluding hydrogens is 446 g/mol. The molecule has 1 unspecified atom stereocenters. The van der Waals surface area contributed by atoms with Crippen molar-refractivity contribution in [2.24, 2.45) is 11.3 Å². The first-order chi connectivity index (χ1) is 16.9. The molecule has 9 nitrogen and oxygen atoms in total. The van der Waals surface area contributed by atoms with E-state index in [0.717, 1.165) is 36.6 Å². The molecule has 3 atom stereocenters. The fourth-order valence-corrected chi connectivity index (χ4v) is 6.13. The van der Waals surface area contributed by atoms with Gasteiger partial charge in [0.1, 0.15) is 23.5 Å². The largest absolute Gasteiger partial charge is 0.496 e. The molecule has 3 fully saturated rings. The summed E-state index contributed by atoms with van der Waals surface area (Å²) in [7, 11) is 1.59. The summed E-state index contributed by atoms with van der Waals surface area (Å²) in [6, 6.07) is 8.08. The molecule has 5 rings (SSSR count). The van der Waals surface area contributed by atoms with E-state index in [0.29, 0.717) is 37.4 Å². The van der Waals surface area contributed by atoms with Gasteiger partial charge < -0.3 is 25.3 Å². The molecule has 2 aromatic rings. The first kappa shape index (κ1) is 23.2. The number of aromatic nitrogens is 1. The van der Waals surface area contributed by atoms with E-state index in [-0.39, 0.29) is 35.5 Å². The second-order valence-electron chi connectivity index (χ2n) is 10.2. The van der Waals surface area contributed by atoms with E-state index in [1.807, 2.05) is 18.2 Å². The number of methoxy groups -OCH3 is 1. The molecule has 0 radical (unpaired) electrons. The number of nitrogens with one attached hydrogen (secondary N) is 3. The minimum absolute atomic E-state index is 0.0607. The number of amides is 3. The highest BCUT2D eigenvalue weighted by Crippen LogP contribution is 2.48. The number of hydrogen-bond donors (Lipinski definition) is 3. The molecule has 9 heteroatoms. The van der Waals surface area contributed by atoms with Crippen LogP contribution in [0.4, 0.5) is 0 Å². The van der Waals surface area contributed by atoms with Gasteiger partial charge in [0.2, 0.25) is 11.8 Å². The summed E-state index contributed by atoms with van der Waals surface area (Å²) in [5, 5.41) is 16.1.